The van der Waals surface area contributed by atoms with E-state index in [-0.39, 0.29) is 15.8 Å². The van der Waals surface area contributed by atoms with E-state index in [2.05, 4.69) is 26.2 Å². The molecule has 0 saturated heterocycles. The van der Waals surface area contributed by atoms with E-state index in [0.29, 0.717) is 0 Å². The number of thiazole rings is 1. The Kier molecular flexibility index (Phi) is 4.05. The number of aromatic nitrogens is 1. The van der Waals surface area contributed by atoms with Gasteiger partial charge in [-0.25, -0.2) is 9.37 Å². The number of nitrogens with one attached hydrogen (secondary N) is 1. The van der Waals surface area contributed by atoms with Crippen molar-refractivity contribution in [1.82, 2.24) is 4.98 Å². The molecule has 0 amide bonds. The molecule has 0 aliphatic heterocycles. The SMILES string of the molecule is CC(C)(Nc1cc(Br)c(F)cc1[N+](=O)[O-])c1nccs1. The molecule has 2 aromatic rings. The Labute approximate surface area is 127 Å². The van der Waals surface area contributed by atoms with E-state index in [1.165, 1.54) is 17.4 Å². The second-order valence-corrected chi connectivity index (χ2v) is 6.38. The third kappa shape index (κ3) is 2.96. The molecule has 0 radical (unpaired) electrons. The number of nitro benzene ring substituents is 1. The third-order valence-corrected chi connectivity index (χ3v) is 4.35. The molecule has 0 fully saturated rings. The molecule has 1 N–H and O–H groups in total. The van der Waals surface area contributed by atoms with Gasteiger partial charge in [0.25, 0.3) is 5.69 Å². The largest absolute Gasteiger partial charge is 0.368 e. The lowest BCUT2D eigenvalue weighted by molar-refractivity contribution is -0.384. The van der Waals surface area contributed by atoms with Gasteiger partial charge >= 0.3 is 0 Å². The van der Waals surface area contributed by atoms with Gasteiger partial charge in [-0.15, -0.1) is 11.3 Å². The Morgan fingerprint density at radius 3 is 2.75 bits per heavy atom. The van der Waals surface area contributed by atoms with Crippen molar-refractivity contribution in [2.24, 2.45) is 0 Å². The van der Waals surface area contributed by atoms with Crippen LogP contribution in [0.15, 0.2) is 28.2 Å². The fraction of sp³-hybridized carbons (Fsp3) is 0.250. The van der Waals surface area contributed by atoms with Crippen LogP contribution < -0.4 is 5.32 Å². The fourth-order valence-corrected chi connectivity index (χ4v) is 2.77. The molecule has 1 heterocycles. The minimum atomic E-state index is -0.672. The number of nitro groups is 1. The highest BCUT2D eigenvalue weighted by Crippen LogP contribution is 2.35. The summed E-state index contributed by atoms with van der Waals surface area (Å²) in [5, 5.41) is 16.7. The molecule has 106 valence electrons. The van der Waals surface area contributed by atoms with E-state index in [4.69, 9.17) is 0 Å². The zero-order chi connectivity index (χ0) is 14.9. The van der Waals surface area contributed by atoms with Gasteiger partial charge in [0.2, 0.25) is 0 Å². The topological polar surface area (TPSA) is 68.1 Å². The minimum Gasteiger partial charge on any atom is -0.368 e. The average molecular weight is 360 g/mol. The lowest BCUT2D eigenvalue weighted by Crippen LogP contribution is -2.28. The highest BCUT2D eigenvalue weighted by Gasteiger charge is 2.27. The average Bonchev–Trinajstić information content (AvgIpc) is 2.87. The molecule has 0 unspecified atom stereocenters. The molecule has 0 aliphatic carbocycles. The molecular weight excluding hydrogens is 349 g/mol. The van der Waals surface area contributed by atoms with Crippen LogP contribution in [0.25, 0.3) is 0 Å². The Morgan fingerprint density at radius 2 is 2.20 bits per heavy atom. The number of anilines is 1. The maximum Gasteiger partial charge on any atom is 0.295 e. The standard InChI is InChI=1S/C12H11BrFN3O2S/c1-12(2,11-15-3-4-20-11)16-9-5-7(13)8(14)6-10(9)17(18)19/h3-6,16H,1-2H3. The summed E-state index contributed by atoms with van der Waals surface area (Å²) in [6.45, 7) is 3.71. The van der Waals surface area contributed by atoms with Crippen LogP contribution in [0.5, 0.6) is 0 Å². The zero-order valence-corrected chi connectivity index (χ0v) is 13.1. The van der Waals surface area contributed by atoms with Crippen molar-refractivity contribution in [3.63, 3.8) is 0 Å². The second kappa shape index (κ2) is 5.45. The highest BCUT2D eigenvalue weighted by atomic mass is 79.9. The molecule has 0 saturated carbocycles. The molecule has 0 atom stereocenters. The summed E-state index contributed by atoms with van der Waals surface area (Å²) < 4.78 is 13.6. The molecular formula is C12H11BrFN3O2S. The second-order valence-electron chi connectivity index (χ2n) is 4.63. The van der Waals surface area contributed by atoms with Crippen molar-refractivity contribution >= 4 is 38.6 Å². The summed E-state index contributed by atoms with van der Waals surface area (Å²) >= 11 is 4.48. The summed E-state index contributed by atoms with van der Waals surface area (Å²) in [7, 11) is 0. The van der Waals surface area contributed by atoms with Gasteiger partial charge in [-0.2, -0.15) is 0 Å². The molecule has 1 aromatic carbocycles. The lowest BCUT2D eigenvalue weighted by atomic mass is 10.1. The molecule has 5 nitrogen and oxygen atoms in total. The predicted molar refractivity (Wildman–Crippen MR) is 79.5 cm³/mol. The summed E-state index contributed by atoms with van der Waals surface area (Å²) in [4.78, 5) is 14.6. The van der Waals surface area contributed by atoms with Crippen LogP contribution in [0.1, 0.15) is 18.9 Å². The predicted octanol–water partition coefficient (Wildman–Crippen LogP) is 4.30. The van der Waals surface area contributed by atoms with E-state index in [9.17, 15) is 14.5 Å². The van der Waals surface area contributed by atoms with Gasteiger partial charge in [0.05, 0.1) is 21.0 Å². The van der Waals surface area contributed by atoms with Crippen molar-refractivity contribution in [3.05, 3.63) is 49.1 Å². The highest BCUT2D eigenvalue weighted by molar-refractivity contribution is 9.10. The van der Waals surface area contributed by atoms with Crippen LogP contribution in [-0.2, 0) is 5.54 Å². The first-order chi connectivity index (χ1) is 9.31. The normalized spacial score (nSPS) is 11.4. The monoisotopic (exact) mass is 359 g/mol. The number of hydrogen-bond acceptors (Lipinski definition) is 5. The summed E-state index contributed by atoms with van der Waals surface area (Å²) in [6.07, 6.45) is 1.67. The van der Waals surface area contributed by atoms with E-state index in [1.807, 2.05) is 19.2 Å². The van der Waals surface area contributed by atoms with Crippen molar-refractivity contribution in [2.75, 3.05) is 5.32 Å². The molecule has 0 bridgehead atoms. The molecule has 1 aromatic heterocycles. The van der Waals surface area contributed by atoms with Gasteiger partial charge < -0.3 is 5.32 Å². The molecule has 20 heavy (non-hydrogen) atoms. The van der Waals surface area contributed by atoms with Gasteiger partial charge in [-0.1, -0.05) is 0 Å². The van der Waals surface area contributed by atoms with Gasteiger partial charge in [-0.3, -0.25) is 10.1 Å². The Morgan fingerprint density at radius 1 is 1.50 bits per heavy atom. The lowest BCUT2D eigenvalue weighted by Gasteiger charge is -2.25. The molecule has 2 rings (SSSR count). The van der Waals surface area contributed by atoms with Crippen LogP contribution in [0.4, 0.5) is 15.8 Å². The third-order valence-electron chi connectivity index (χ3n) is 2.65. The summed E-state index contributed by atoms with van der Waals surface area (Å²) in [6, 6.07) is 2.26. The maximum atomic E-state index is 13.4. The smallest absolute Gasteiger partial charge is 0.295 e. The quantitative estimate of drug-likeness (QED) is 0.652. The Bertz CT molecular complexity index is 646. The van der Waals surface area contributed by atoms with Crippen molar-refractivity contribution in [2.45, 2.75) is 19.4 Å². The number of halogens is 2. The number of benzene rings is 1. The van der Waals surface area contributed by atoms with Crippen molar-refractivity contribution in [1.29, 1.82) is 0 Å². The minimum absolute atomic E-state index is 0.167. The van der Waals surface area contributed by atoms with Crippen molar-refractivity contribution in [3.8, 4) is 0 Å². The first-order valence-electron chi connectivity index (χ1n) is 5.63. The van der Waals surface area contributed by atoms with Crippen LogP contribution in [0, 0.1) is 15.9 Å². The molecule has 0 aliphatic rings. The van der Waals surface area contributed by atoms with Crippen LogP contribution >= 0.6 is 27.3 Å². The van der Waals surface area contributed by atoms with Gasteiger partial charge in [-0.05, 0) is 35.8 Å². The van der Waals surface area contributed by atoms with E-state index in [1.54, 1.807) is 6.20 Å². The molecule has 0 spiro atoms. The Balaban J connectivity index is 2.43. The van der Waals surface area contributed by atoms with Gasteiger partial charge in [0.1, 0.15) is 16.5 Å². The van der Waals surface area contributed by atoms with Crippen molar-refractivity contribution < 1.29 is 9.31 Å². The van der Waals surface area contributed by atoms with Crippen LogP contribution in [-0.4, -0.2) is 9.91 Å². The number of rotatable bonds is 4. The van der Waals surface area contributed by atoms with Crippen LogP contribution in [0.2, 0.25) is 0 Å². The number of hydrogen-bond donors (Lipinski definition) is 1. The van der Waals surface area contributed by atoms with Gasteiger partial charge in [0, 0.05) is 11.6 Å². The summed E-state index contributed by atoms with van der Waals surface area (Å²) in [5.41, 5.74) is -0.672. The summed E-state index contributed by atoms with van der Waals surface area (Å²) in [5.74, 6) is -0.672. The van der Waals surface area contributed by atoms with Crippen LogP contribution in [0.3, 0.4) is 0 Å². The van der Waals surface area contributed by atoms with E-state index >= 15 is 0 Å². The van der Waals surface area contributed by atoms with Gasteiger partial charge in [0.15, 0.2) is 0 Å². The van der Waals surface area contributed by atoms with E-state index < -0.39 is 16.3 Å². The first kappa shape index (κ1) is 14.9. The maximum absolute atomic E-state index is 13.4. The Hall–Kier alpha value is -1.54. The first-order valence-corrected chi connectivity index (χ1v) is 7.30. The fourth-order valence-electron chi connectivity index (χ4n) is 1.71. The van der Waals surface area contributed by atoms with E-state index in [0.717, 1.165) is 11.1 Å². The zero-order valence-electron chi connectivity index (χ0n) is 10.7. The molecule has 8 heteroatoms. The number of nitrogens with zero attached hydrogens (tertiary/aromatic N) is 2.